The summed E-state index contributed by atoms with van der Waals surface area (Å²) in [5.74, 6) is -0.592. The van der Waals surface area contributed by atoms with Crippen LogP contribution in [0.2, 0.25) is 0 Å². The van der Waals surface area contributed by atoms with E-state index in [-0.39, 0.29) is 5.56 Å². The molecule has 0 aliphatic heterocycles. The smallest absolute Gasteiger partial charge is 0.252 e. The highest BCUT2D eigenvalue weighted by Gasteiger charge is 2.30. The highest BCUT2D eigenvalue weighted by Crippen LogP contribution is 2.14. The van der Waals surface area contributed by atoms with Gasteiger partial charge in [0, 0.05) is 16.9 Å². The largest absolute Gasteiger partial charge is 0.399 e. The SMILES string of the molecule is Nc1cc(N)cc(C(=O)NC(CO)(CO)CO)c1. The molecule has 0 saturated heterocycles. The van der Waals surface area contributed by atoms with Gasteiger partial charge < -0.3 is 32.1 Å². The van der Waals surface area contributed by atoms with Gasteiger partial charge in [0.15, 0.2) is 0 Å². The standard InChI is InChI=1S/C11H17N3O4/c12-8-1-7(2-9(13)3-8)10(18)14-11(4-15,5-16)6-17/h1-3,15-17H,4-6,12-13H2,(H,14,18). The Balaban J connectivity index is 2.94. The highest BCUT2D eigenvalue weighted by atomic mass is 16.3. The third-order valence-corrected chi connectivity index (χ3v) is 2.53. The molecule has 7 heteroatoms. The second-order valence-corrected chi connectivity index (χ2v) is 4.10. The number of benzene rings is 1. The summed E-state index contributed by atoms with van der Waals surface area (Å²) in [6.45, 7) is -1.78. The third-order valence-electron chi connectivity index (χ3n) is 2.53. The maximum absolute atomic E-state index is 11.9. The first-order valence-electron chi connectivity index (χ1n) is 5.27. The molecule has 0 heterocycles. The van der Waals surface area contributed by atoms with Gasteiger partial charge in [0.05, 0.1) is 19.8 Å². The molecule has 8 N–H and O–H groups in total. The van der Waals surface area contributed by atoms with Crippen LogP contribution >= 0.6 is 0 Å². The fourth-order valence-corrected chi connectivity index (χ4v) is 1.39. The van der Waals surface area contributed by atoms with Crippen LogP contribution in [0.1, 0.15) is 10.4 Å². The minimum absolute atomic E-state index is 0.187. The van der Waals surface area contributed by atoms with Crippen molar-refractivity contribution in [1.29, 1.82) is 0 Å². The van der Waals surface area contributed by atoms with E-state index in [0.717, 1.165) is 0 Å². The molecule has 0 bridgehead atoms. The number of hydrogen-bond acceptors (Lipinski definition) is 6. The van der Waals surface area contributed by atoms with Gasteiger partial charge in [-0.1, -0.05) is 0 Å². The average molecular weight is 255 g/mol. The molecule has 0 aromatic heterocycles. The molecule has 1 rings (SSSR count). The molecule has 0 aliphatic rings. The van der Waals surface area contributed by atoms with Crippen molar-refractivity contribution in [2.45, 2.75) is 5.54 Å². The average Bonchev–Trinajstić information content (AvgIpc) is 2.35. The highest BCUT2D eigenvalue weighted by molar-refractivity contribution is 5.96. The van der Waals surface area contributed by atoms with Gasteiger partial charge in [0.1, 0.15) is 5.54 Å². The molecule has 0 fully saturated rings. The number of anilines is 2. The van der Waals surface area contributed by atoms with Crippen LogP contribution in [-0.4, -0.2) is 46.6 Å². The minimum atomic E-state index is -1.48. The summed E-state index contributed by atoms with van der Waals surface area (Å²) in [5.41, 5.74) is 10.5. The summed E-state index contributed by atoms with van der Waals surface area (Å²) >= 11 is 0. The Morgan fingerprint density at radius 1 is 1.06 bits per heavy atom. The van der Waals surface area contributed by atoms with Gasteiger partial charge in [-0.2, -0.15) is 0 Å². The van der Waals surface area contributed by atoms with Gasteiger partial charge in [-0.25, -0.2) is 0 Å². The van der Waals surface area contributed by atoms with Crippen LogP contribution in [-0.2, 0) is 0 Å². The van der Waals surface area contributed by atoms with Crippen LogP contribution in [0, 0.1) is 0 Å². The molecule has 100 valence electrons. The van der Waals surface area contributed by atoms with Crippen molar-refractivity contribution in [1.82, 2.24) is 5.32 Å². The molecule has 0 unspecified atom stereocenters. The molecule has 1 aromatic carbocycles. The fourth-order valence-electron chi connectivity index (χ4n) is 1.39. The number of carbonyl (C=O) groups excluding carboxylic acids is 1. The maximum Gasteiger partial charge on any atom is 0.252 e. The molecular weight excluding hydrogens is 238 g/mol. The van der Waals surface area contributed by atoms with E-state index in [2.05, 4.69) is 5.32 Å². The van der Waals surface area contributed by atoms with Crippen LogP contribution in [0.4, 0.5) is 11.4 Å². The number of rotatable bonds is 5. The number of hydrogen-bond donors (Lipinski definition) is 6. The Bertz CT molecular complexity index is 404. The van der Waals surface area contributed by atoms with E-state index in [9.17, 15) is 4.79 Å². The first kappa shape index (κ1) is 14.2. The van der Waals surface area contributed by atoms with E-state index < -0.39 is 31.3 Å². The summed E-state index contributed by atoms with van der Waals surface area (Å²) in [6.07, 6.45) is 0. The van der Waals surface area contributed by atoms with Gasteiger partial charge in [-0.05, 0) is 18.2 Å². The second-order valence-electron chi connectivity index (χ2n) is 4.10. The fraction of sp³-hybridized carbons (Fsp3) is 0.364. The lowest BCUT2D eigenvalue weighted by Crippen LogP contribution is -2.57. The van der Waals surface area contributed by atoms with E-state index in [4.69, 9.17) is 26.8 Å². The minimum Gasteiger partial charge on any atom is -0.399 e. The van der Waals surface area contributed by atoms with Crippen molar-refractivity contribution in [2.75, 3.05) is 31.3 Å². The first-order valence-corrected chi connectivity index (χ1v) is 5.27. The molecule has 1 amide bonds. The Labute approximate surface area is 104 Å². The van der Waals surface area contributed by atoms with E-state index in [1.165, 1.54) is 18.2 Å². The lowest BCUT2D eigenvalue weighted by atomic mass is 10.0. The number of aliphatic hydroxyl groups is 3. The van der Waals surface area contributed by atoms with Gasteiger partial charge in [0.2, 0.25) is 0 Å². The van der Waals surface area contributed by atoms with Crippen LogP contribution in [0.15, 0.2) is 18.2 Å². The summed E-state index contributed by atoms with van der Waals surface area (Å²) in [6, 6.07) is 4.30. The van der Waals surface area contributed by atoms with Crippen LogP contribution in [0.25, 0.3) is 0 Å². The number of nitrogens with two attached hydrogens (primary N) is 2. The number of amides is 1. The number of aliphatic hydroxyl groups excluding tert-OH is 3. The van der Waals surface area contributed by atoms with Crippen molar-refractivity contribution >= 4 is 17.3 Å². The topological polar surface area (TPSA) is 142 Å². The molecule has 0 aliphatic carbocycles. The lowest BCUT2D eigenvalue weighted by molar-refractivity contribution is 0.0375. The van der Waals surface area contributed by atoms with Gasteiger partial charge in [0.25, 0.3) is 5.91 Å². The summed E-state index contributed by atoms with van der Waals surface area (Å²) in [4.78, 5) is 11.9. The second kappa shape index (κ2) is 5.67. The zero-order chi connectivity index (χ0) is 13.8. The van der Waals surface area contributed by atoms with Crippen LogP contribution < -0.4 is 16.8 Å². The lowest BCUT2D eigenvalue weighted by Gasteiger charge is -2.28. The number of nitrogens with one attached hydrogen (secondary N) is 1. The van der Waals surface area contributed by atoms with Gasteiger partial charge >= 0.3 is 0 Å². The molecule has 0 radical (unpaired) electrons. The van der Waals surface area contributed by atoms with Crippen molar-refractivity contribution in [2.24, 2.45) is 0 Å². The normalized spacial score (nSPS) is 11.3. The van der Waals surface area contributed by atoms with E-state index in [1.807, 2.05) is 0 Å². The Morgan fingerprint density at radius 2 is 1.50 bits per heavy atom. The summed E-state index contributed by atoms with van der Waals surface area (Å²) in [7, 11) is 0. The van der Waals surface area contributed by atoms with Gasteiger partial charge in [-0.3, -0.25) is 4.79 Å². The summed E-state index contributed by atoms with van der Waals surface area (Å²) in [5, 5.41) is 29.6. The predicted octanol–water partition coefficient (Wildman–Crippen LogP) is -1.70. The molecule has 7 nitrogen and oxygen atoms in total. The molecule has 0 saturated carbocycles. The first-order chi connectivity index (χ1) is 8.46. The predicted molar refractivity (Wildman–Crippen MR) is 66.7 cm³/mol. The van der Waals surface area contributed by atoms with Gasteiger partial charge in [-0.15, -0.1) is 0 Å². The van der Waals surface area contributed by atoms with E-state index >= 15 is 0 Å². The van der Waals surface area contributed by atoms with E-state index in [0.29, 0.717) is 11.4 Å². The zero-order valence-electron chi connectivity index (χ0n) is 9.76. The Kier molecular flexibility index (Phi) is 4.49. The quantitative estimate of drug-likeness (QED) is 0.346. The van der Waals surface area contributed by atoms with Crippen LogP contribution in [0.3, 0.4) is 0 Å². The molecule has 18 heavy (non-hydrogen) atoms. The molecule has 1 aromatic rings. The summed E-state index contributed by atoms with van der Waals surface area (Å²) < 4.78 is 0. The molecule has 0 spiro atoms. The molecule has 0 atom stereocenters. The molecular formula is C11H17N3O4. The number of carbonyl (C=O) groups is 1. The maximum atomic E-state index is 11.9. The Hall–Kier alpha value is -1.83. The number of nitrogen functional groups attached to an aromatic ring is 2. The Morgan fingerprint density at radius 3 is 1.89 bits per heavy atom. The zero-order valence-corrected chi connectivity index (χ0v) is 9.76. The van der Waals surface area contributed by atoms with Crippen molar-refractivity contribution in [3.63, 3.8) is 0 Å². The van der Waals surface area contributed by atoms with Crippen LogP contribution in [0.5, 0.6) is 0 Å². The monoisotopic (exact) mass is 255 g/mol. The third kappa shape index (κ3) is 3.10. The van der Waals surface area contributed by atoms with Crippen molar-refractivity contribution in [3.8, 4) is 0 Å². The van der Waals surface area contributed by atoms with E-state index in [1.54, 1.807) is 0 Å². The van der Waals surface area contributed by atoms with Crippen molar-refractivity contribution in [3.05, 3.63) is 23.8 Å². The van der Waals surface area contributed by atoms with Crippen molar-refractivity contribution < 1.29 is 20.1 Å².